The molecular weight excluding hydrogens is 851 g/mol. The molecule has 0 aliphatic heterocycles. The van der Waals surface area contributed by atoms with Crippen LogP contribution in [0.4, 0.5) is 0 Å². The van der Waals surface area contributed by atoms with Gasteiger partial charge in [-0.2, -0.15) is 0 Å². The fourth-order valence-corrected chi connectivity index (χ4v) is 9.99. The van der Waals surface area contributed by atoms with Crippen molar-refractivity contribution >= 4 is 11.9 Å². The lowest BCUT2D eigenvalue weighted by atomic mass is 10.0. The number of hydrogen-bond acceptors (Lipinski definition) is 5. The van der Waals surface area contributed by atoms with Crippen LogP contribution in [0, 0.1) is 0 Å². The lowest BCUT2D eigenvalue weighted by Crippen LogP contribution is -2.45. The topological polar surface area (TPSA) is 95.9 Å². The van der Waals surface area contributed by atoms with Crippen molar-refractivity contribution in [3.8, 4) is 0 Å². The molecule has 0 aromatic rings. The summed E-state index contributed by atoms with van der Waals surface area (Å²) in [6.45, 7) is 4.96. The molecule has 0 aliphatic rings. The van der Waals surface area contributed by atoms with Crippen LogP contribution in [0.5, 0.6) is 0 Å². The normalized spacial score (nSPS) is 12.6. The molecule has 0 radical (unpaired) electrons. The van der Waals surface area contributed by atoms with Gasteiger partial charge in [-0.05, 0) is 51.4 Å². The van der Waals surface area contributed by atoms with Crippen LogP contribution in [0.25, 0.3) is 0 Å². The summed E-state index contributed by atoms with van der Waals surface area (Å²) in [7, 11) is 0. The van der Waals surface area contributed by atoms with Crippen molar-refractivity contribution in [2.75, 3.05) is 13.2 Å². The second-order valence-corrected chi connectivity index (χ2v) is 21.7. The summed E-state index contributed by atoms with van der Waals surface area (Å²) in [5.41, 5.74) is 0. The van der Waals surface area contributed by atoms with Gasteiger partial charge in [0.25, 0.3) is 0 Å². The molecule has 0 saturated heterocycles. The van der Waals surface area contributed by atoms with Gasteiger partial charge in [-0.15, -0.1) is 0 Å². The van der Waals surface area contributed by atoms with Crippen LogP contribution in [-0.2, 0) is 14.3 Å². The standard InChI is InChI=1S/C63H123NO5/c1-3-5-7-9-11-13-15-17-19-20-21-22-23-24-25-28-31-35-39-43-47-51-55-61(66)60(59-65)64-62(67)56-52-48-44-40-36-32-29-26-30-34-38-42-46-50-54-58-69-63(68)57-53-49-45-41-37-33-27-18-16-14-12-10-8-6-4-2/h18,27,60-61,65-66H,3-17,19-26,28-59H2,1-2H3,(H,64,67)/b27-18-. The molecular formula is C63H123NO5. The Morgan fingerprint density at radius 2 is 0.681 bits per heavy atom. The second-order valence-electron chi connectivity index (χ2n) is 21.7. The van der Waals surface area contributed by atoms with E-state index in [1.165, 1.54) is 270 Å². The van der Waals surface area contributed by atoms with Gasteiger partial charge in [0, 0.05) is 12.8 Å². The summed E-state index contributed by atoms with van der Waals surface area (Å²) in [4.78, 5) is 24.6. The molecule has 0 aromatic carbocycles. The van der Waals surface area contributed by atoms with E-state index in [4.69, 9.17) is 4.74 Å². The van der Waals surface area contributed by atoms with E-state index in [2.05, 4.69) is 31.3 Å². The zero-order valence-corrected chi connectivity index (χ0v) is 46.8. The summed E-state index contributed by atoms with van der Waals surface area (Å²) in [5, 5.41) is 23.4. The van der Waals surface area contributed by atoms with E-state index in [1.807, 2.05) is 0 Å². The van der Waals surface area contributed by atoms with Crippen molar-refractivity contribution in [3.05, 3.63) is 12.2 Å². The molecule has 6 nitrogen and oxygen atoms in total. The highest BCUT2D eigenvalue weighted by molar-refractivity contribution is 5.76. The number of rotatable bonds is 59. The number of aliphatic hydroxyl groups is 2. The Morgan fingerprint density at radius 3 is 1.03 bits per heavy atom. The summed E-state index contributed by atoms with van der Waals surface area (Å²) in [6, 6.07) is -0.549. The van der Waals surface area contributed by atoms with Gasteiger partial charge in [0.1, 0.15) is 0 Å². The molecule has 410 valence electrons. The maximum atomic E-state index is 12.5. The zero-order valence-electron chi connectivity index (χ0n) is 46.8. The van der Waals surface area contributed by atoms with Gasteiger partial charge in [-0.3, -0.25) is 9.59 Å². The first kappa shape index (κ1) is 67.6. The Labute approximate surface area is 431 Å². The molecule has 69 heavy (non-hydrogen) atoms. The number of carbonyl (C=O) groups is 2. The van der Waals surface area contributed by atoms with Crippen molar-refractivity contribution in [1.29, 1.82) is 0 Å². The Bertz CT molecular complexity index is 1030. The summed E-state index contributed by atoms with van der Waals surface area (Å²) in [5.74, 6) is -0.0456. The minimum Gasteiger partial charge on any atom is -0.466 e. The van der Waals surface area contributed by atoms with E-state index in [9.17, 15) is 19.8 Å². The zero-order chi connectivity index (χ0) is 50.0. The molecule has 1 amide bonds. The van der Waals surface area contributed by atoms with E-state index >= 15 is 0 Å². The predicted octanol–water partition coefficient (Wildman–Crippen LogP) is 19.6. The van der Waals surface area contributed by atoms with Gasteiger partial charge in [-0.1, -0.05) is 302 Å². The van der Waals surface area contributed by atoms with Crippen molar-refractivity contribution < 1.29 is 24.5 Å². The molecule has 6 heteroatoms. The van der Waals surface area contributed by atoms with E-state index in [1.54, 1.807) is 0 Å². The summed E-state index contributed by atoms with van der Waals surface area (Å²) in [6.07, 6.45) is 70.7. The third kappa shape index (κ3) is 55.8. The van der Waals surface area contributed by atoms with E-state index < -0.39 is 12.1 Å². The number of unbranched alkanes of at least 4 members (excludes halogenated alkanes) is 46. The fourth-order valence-electron chi connectivity index (χ4n) is 9.99. The van der Waals surface area contributed by atoms with Crippen molar-refractivity contribution in [2.24, 2.45) is 0 Å². The monoisotopic (exact) mass is 974 g/mol. The number of amides is 1. The highest BCUT2D eigenvalue weighted by Gasteiger charge is 2.20. The first-order valence-electron chi connectivity index (χ1n) is 31.4. The lowest BCUT2D eigenvalue weighted by molar-refractivity contribution is -0.143. The summed E-state index contributed by atoms with van der Waals surface area (Å²) < 4.78 is 5.48. The van der Waals surface area contributed by atoms with E-state index in [-0.39, 0.29) is 18.5 Å². The molecule has 0 aliphatic carbocycles. The maximum Gasteiger partial charge on any atom is 0.305 e. The minimum atomic E-state index is -0.671. The van der Waals surface area contributed by atoms with Gasteiger partial charge < -0.3 is 20.3 Å². The van der Waals surface area contributed by atoms with Crippen LogP contribution < -0.4 is 5.32 Å². The number of allylic oxidation sites excluding steroid dienone is 2. The fraction of sp³-hybridized carbons (Fsp3) is 0.937. The van der Waals surface area contributed by atoms with Crippen molar-refractivity contribution in [1.82, 2.24) is 5.32 Å². The SMILES string of the molecule is CCCCCCCC/C=C\CCCCCCCC(=O)OCCCCCCCCCCCCCCCCCC(=O)NC(CO)C(O)CCCCCCCCCCCCCCCCCCCCCCCC. The molecule has 2 unspecified atom stereocenters. The van der Waals surface area contributed by atoms with E-state index in [0.717, 1.165) is 51.4 Å². The third-order valence-corrected chi connectivity index (χ3v) is 14.8. The van der Waals surface area contributed by atoms with Crippen LogP contribution in [0.3, 0.4) is 0 Å². The number of ether oxygens (including phenoxy) is 1. The van der Waals surface area contributed by atoms with E-state index in [0.29, 0.717) is 25.9 Å². The van der Waals surface area contributed by atoms with Crippen LogP contribution in [0.1, 0.15) is 354 Å². The molecule has 0 rings (SSSR count). The number of nitrogens with one attached hydrogen (secondary N) is 1. The Morgan fingerprint density at radius 1 is 0.391 bits per heavy atom. The van der Waals surface area contributed by atoms with Crippen molar-refractivity contribution in [2.45, 2.75) is 366 Å². The first-order valence-corrected chi connectivity index (χ1v) is 31.4. The smallest absolute Gasteiger partial charge is 0.305 e. The van der Waals surface area contributed by atoms with Crippen LogP contribution in [-0.4, -0.2) is 47.4 Å². The number of hydrogen-bond donors (Lipinski definition) is 3. The van der Waals surface area contributed by atoms with Gasteiger partial charge in [0.05, 0.1) is 25.4 Å². The van der Waals surface area contributed by atoms with Gasteiger partial charge in [0.2, 0.25) is 5.91 Å². The van der Waals surface area contributed by atoms with Crippen molar-refractivity contribution in [3.63, 3.8) is 0 Å². The second kappa shape index (κ2) is 59.2. The Balaban J connectivity index is 3.42. The number of carbonyl (C=O) groups excluding carboxylic acids is 2. The minimum absolute atomic E-state index is 0.00600. The quantitative estimate of drug-likeness (QED) is 0.0321. The van der Waals surface area contributed by atoms with Gasteiger partial charge >= 0.3 is 5.97 Å². The predicted molar refractivity (Wildman–Crippen MR) is 301 cm³/mol. The molecule has 0 bridgehead atoms. The van der Waals surface area contributed by atoms with Crippen LogP contribution in [0.2, 0.25) is 0 Å². The summed E-state index contributed by atoms with van der Waals surface area (Å²) >= 11 is 0. The molecule has 0 spiro atoms. The first-order chi connectivity index (χ1) is 34.0. The van der Waals surface area contributed by atoms with Gasteiger partial charge in [0.15, 0.2) is 0 Å². The third-order valence-electron chi connectivity index (χ3n) is 14.8. The lowest BCUT2D eigenvalue weighted by Gasteiger charge is -2.22. The van der Waals surface area contributed by atoms with Gasteiger partial charge in [-0.25, -0.2) is 0 Å². The molecule has 3 N–H and O–H groups in total. The average Bonchev–Trinajstić information content (AvgIpc) is 3.35. The highest BCUT2D eigenvalue weighted by Crippen LogP contribution is 2.18. The Kier molecular flexibility index (Phi) is 58.0. The molecule has 0 saturated carbocycles. The van der Waals surface area contributed by atoms with Crippen LogP contribution >= 0.6 is 0 Å². The largest absolute Gasteiger partial charge is 0.466 e. The molecule has 0 aromatic heterocycles. The molecule has 0 heterocycles. The molecule has 2 atom stereocenters. The average molecular weight is 975 g/mol. The molecule has 0 fully saturated rings. The number of esters is 1. The van der Waals surface area contributed by atoms with Crippen LogP contribution in [0.15, 0.2) is 12.2 Å². The maximum absolute atomic E-state index is 12.5. The number of aliphatic hydroxyl groups excluding tert-OH is 2. The Hall–Kier alpha value is -1.40. The highest BCUT2D eigenvalue weighted by atomic mass is 16.5.